The topological polar surface area (TPSA) is 50.7 Å². The van der Waals surface area contributed by atoms with Gasteiger partial charge in [-0.15, -0.1) is 0 Å². The molecule has 0 bridgehead atoms. The molecule has 0 saturated carbocycles. The standard InChI is InChI=1S/C15H16ClF3N4/c1-2-11(9-8-10-6-4-3-5-7-10)20-14-22-12(15(17,18)19)21-13(16)23-14/h3-7,11H,2,8-9H2,1H3,(H,20,21,22,23). The Morgan fingerprint density at radius 2 is 1.83 bits per heavy atom. The van der Waals surface area contributed by atoms with Gasteiger partial charge in [0, 0.05) is 6.04 Å². The van der Waals surface area contributed by atoms with Crippen LogP contribution >= 0.6 is 11.6 Å². The van der Waals surface area contributed by atoms with Crippen LogP contribution in [0.15, 0.2) is 30.3 Å². The molecule has 1 N–H and O–H groups in total. The van der Waals surface area contributed by atoms with Crippen LogP contribution in [0.1, 0.15) is 31.2 Å². The molecule has 0 radical (unpaired) electrons. The van der Waals surface area contributed by atoms with E-state index in [-0.39, 0.29) is 12.0 Å². The number of alkyl halides is 3. The fraction of sp³-hybridized carbons (Fsp3) is 0.400. The van der Waals surface area contributed by atoms with Crippen molar-refractivity contribution in [2.45, 2.75) is 38.4 Å². The molecular weight excluding hydrogens is 329 g/mol. The van der Waals surface area contributed by atoms with Crippen LogP contribution in [0.5, 0.6) is 0 Å². The lowest BCUT2D eigenvalue weighted by Crippen LogP contribution is -2.23. The van der Waals surface area contributed by atoms with Crippen LogP contribution in [-0.4, -0.2) is 21.0 Å². The molecular formula is C15H16ClF3N4. The fourth-order valence-electron chi connectivity index (χ4n) is 2.09. The summed E-state index contributed by atoms with van der Waals surface area (Å²) in [6.07, 6.45) is -2.39. The van der Waals surface area contributed by atoms with Crippen LogP contribution in [0.4, 0.5) is 19.1 Å². The Balaban J connectivity index is 2.05. The third-order valence-electron chi connectivity index (χ3n) is 3.31. The van der Waals surface area contributed by atoms with Gasteiger partial charge in [0.1, 0.15) is 0 Å². The zero-order chi connectivity index (χ0) is 16.9. The molecule has 1 unspecified atom stereocenters. The molecule has 8 heteroatoms. The van der Waals surface area contributed by atoms with Crippen LogP contribution in [-0.2, 0) is 12.6 Å². The molecule has 1 atom stereocenters. The minimum Gasteiger partial charge on any atom is -0.351 e. The van der Waals surface area contributed by atoms with Crippen molar-refractivity contribution in [3.05, 3.63) is 47.0 Å². The summed E-state index contributed by atoms with van der Waals surface area (Å²) < 4.78 is 38.1. The first-order chi connectivity index (χ1) is 10.9. The van der Waals surface area contributed by atoms with Gasteiger partial charge in [-0.3, -0.25) is 0 Å². The van der Waals surface area contributed by atoms with Gasteiger partial charge in [0.15, 0.2) is 0 Å². The minimum absolute atomic E-state index is 0.0604. The lowest BCUT2D eigenvalue weighted by atomic mass is 10.0. The van der Waals surface area contributed by atoms with Gasteiger partial charge in [0.05, 0.1) is 0 Å². The van der Waals surface area contributed by atoms with Crippen LogP contribution < -0.4 is 5.32 Å². The largest absolute Gasteiger partial charge is 0.451 e. The van der Waals surface area contributed by atoms with E-state index in [1.54, 1.807) is 0 Å². The molecule has 0 amide bonds. The first-order valence-electron chi connectivity index (χ1n) is 7.17. The third-order valence-corrected chi connectivity index (χ3v) is 3.48. The number of aromatic nitrogens is 3. The van der Waals surface area contributed by atoms with E-state index < -0.39 is 17.3 Å². The van der Waals surface area contributed by atoms with E-state index in [9.17, 15) is 13.2 Å². The summed E-state index contributed by atoms with van der Waals surface area (Å²) in [5, 5.41) is 2.43. The molecule has 0 aliphatic heterocycles. The summed E-state index contributed by atoms with van der Waals surface area (Å²) in [7, 11) is 0. The summed E-state index contributed by atoms with van der Waals surface area (Å²) in [4.78, 5) is 10.2. The van der Waals surface area contributed by atoms with Crippen LogP contribution in [0.25, 0.3) is 0 Å². The van der Waals surface area contributed by atoms with Gasteiger partial charge < -0.3 is 5.32 Å². The monoisotopic (exact) mass is 344 g/mol. The first-order valence-corrected chi connectivity index (χ1v) is 7.55. The van der Waals surface area contributed by atoms with Gasteiger partial charge in [0.2, 0.25) is 17.1 Å². The van der Waals surface area contributed by atoms with Crippen molar-refractivity contribution >= 4 is 17.5 Å². The Bertz CT molecular complexity index is 634. The SMILES string of the molecule is CCC(CCc1ccccc1)Nc1nc(Cl)nc(C(F)(F)F)n1. The van der Waals surface area contributed by atoms with Crippen LogP contribution in [0.3, 0.4) is 0 Å². The van der Waals surface area contributed by atoms with Crippen molar-refractivity contribution in [2.75, 3.05) is 5.32 Å². The van der Waals surface area contributed by atoms with Crippen molar-refractivity contribution in [1.82, 2.24) is 15.0 Å². The molecule has 0 saturated heterocycles. The van der Waals surface area contributed by atoms with E-state index in [4.69, 9.17) is 11.6 Å². The predicted molar refractivity (Wildman–Crippen MR) is 82.3 cm³/mol. The average molecular weight is 345 g/mol. The maximum atomic E-state index is 12.7. The Morgan fingerprint density at radius 1 is 1.13 bits per heavy atom. The Morgan fingerprint density at radius 3 is 2.43 bits per heavy atom. The summed E-state index contributed by atoms with van der Waals surface area (Å²) >= 11 is 5.55. The van der Waals surface area contributed by atoms with Crippen LogP contribution in [0.2, 0.25) is 5.28 Å². The number of nitrogens with one attached hydrogen (secondary N) is 1. The summed E-state index contributed by atoms with van der Waals surface area (Å²) in [6, 6.07) is 9.79. The van der Waals surface area contributed by atoms with E-state index in [1.807, 2.05) is 37.3 Å². The Hall–Kier alpha value is -1.89. The molecule has 0 spiro atoms. The van der Waals surface area contributed by atoms with Crippen molar-refractivity contribution in [3.63, 3.8) is 0 Å². The van der Waals surface area contributed by atoms with E-state index >= 15 is 0 Å². The second kappa shape index (κ2) is 7.59. The van der Waals surface area contributed by atoms with Crippen molar-refractivity contribution in [2.24, 2.45) is 0 Å². The van der Waals surface area contributed by atoms with E-state index in [2.05, 4.69) is 20.3 Å². The number of hydrogen-bond donors (Lipinski definition) is 1. The highest BCUT2D eigenvalue weighted by Gasteiger charge is 2.35. The number of benzene rings is 1. The molecule has 1 aromatic carbocycles. The predicted octanol–water partition coefficient (Wildman–Crippen LogP) is 4.37. The maximum absolute atomic E-state index is 12.7. The number of nitrogens with zero attached hydrogens (tertiary/aromatic N) is 3. The van der Waals surface area contributed by atoms with Crippen molar-refractivity contribution in [3.8, 4) is 0 Å². The molecule has 4 nitrogen and oxygen atoms in total. The average Bonchev–Trinajstić information content (AvgIpc) is 2.51. The Labute approximate surface area is 137 Å². The van der Waals surface area contributed by atoms with Gasteiger partial charge in [-0.2, -0.15) is 28.1 Å². The summed E-state index contributed by atoms with van der Waals surface area (Å²) in [5.74, 6) is -1.45. The Kier molecular flexibility index (Phi) is 5.76. The lowest BCUT2D eigenvalue weighted by molar-refractivity contribution is -0.145. The highest BCUT2D eigenvalue weighted by atomic mass is 35.5. The summed E-state index contributed by atoms with van der Waals surface area (Å²) in [5.41, 5.74) is 1.16. The molecule has 0 aliphatic rings. The number of aryl methyl sites for hydroxylation is 1. The highest BCUT2D eigenvalue weighted by molar-refractivity contribution is 6.28. The zero-order valence-corrected chi connectivity index (χ0v) is 13.2. The van der Waals surface area contributed by atoms with Gasteiger partial charge in [-0.1, -0.05) is 37.3 Å². The zero-order valence-electron chi connectivity index (χ0n) is 12.4. The van der Waals surface area contributed by atoms with Gasteiger partial charge in [0.25, 0.3) is 0 Å². The fourth-order valence-corrected chi connectivity index (χ4v) is 2.25. The molecule has 2 aromatic rings. The van der Waals surface area contributed by atoms with Gasteiger partial charge >= 0.3 is 6.18 Å². The van der Waals surface area contributed by atoms with E-state index in [1.165, 1.54) is 0 Å². The van der Waals surface area contributed by atoms with E-state index in [0.29, 0.717) is 0 Å². The molecule has 2 rings (SSSR count). The quantitative estimate of drug-likeness (QED) is 0.845. The van der Waals surface area contributed by atoms with Gasteiger partial charge in [-0.25, -0.2) is 0 Å². The normalized spacial score (nSPS) is 12.9. The number of halogens is 4. The molecule has 23 heavy (non-hydrogen) atoms. The molecule has 0 aliphatic carbocycles. The molecule has 1 aromatic heterocycles. The van der Waals surface area contributed by atoms with Gasteiger partial charge in [-0.05, 0) is 36.4 Å². The van der Waals surface area contributed by atoms with Crippen molar-refractivity contribution < 1.29 is 13.2 Å². The molecule has 0 fully saturated rings. The second-order valence-electron chi connectivity index (χ2n) is 5.02. The number of hydrogen-bond acceptors (Lipinski definition) is 4. The smallest absolute Gasteiger partial charge is 0.351 e. The number of rotatable bonds is 6. The third kappa shape index (κ3) is 5.35. The first kappa shape index (κ1) is 17.5. The van der Waals surface area contributed by atoms with Crippen molar-refractivity contribution in [1.29, 1.82) is 0 Å². The second-order valence-corrected chi connectivity index (χ2v) is 5.36. The number of anilines is 1. The highest BCUT2D eigenvalue weighted by Crippen LogP contribution is 2.27. The van der Waals surface area contributed by atoms with E-state index in [0.717, 1.165) is 24.8 Å². The minimum atomic E-state index is -4.66. The molecule has 1 heterocycles. The van der Waals surface area contributed by atoms with Crippen LogP contribution in [0, 0.1) is 0 Å². The maximum Gasteiger partial charge on any atom is 0.451 e. The lowest BCUT2D eigenvalue weighted by Gasteiger charge is -2.17. The summed E-state index contributed by atoms with van der Waals surface area (Å²) in [6.45, 7) is 1.94. The molecule has 124 valence electrons.